The fourth-order valence-corrected chi connectivity index (χ4v) is 1.49. The third-order valence-corrected chi connectivity index (χ3v) is 2.59. The van der Waals surface area contributed by atoms with Gasteiger partial charge in [-0.25, -0.2) is 0 Å². The summed E-state index contributed by atoms with van der Waals surface area (Å²) < 4.78 is 0. The highest BCUT2D eigenvalue weighted by Crippen LogP contribution is 2.03. The number of carbonyl (C=O) groups is 1. The lowest BCUT2D eigenvalue weighted by atomic mass is 10.1. The Balaban J connectivity index is 0.00000256. The standard InChI is InChI=1S/C13H20N2O.ClH/c1-14-10-11-15(2)13(16)9-8-12-6-4-3-5-7-12;/h3-7,14H,8-11H2,1-2H3;1H. The molecule has 0 bridgehead atoms. The Bertz CT molecular complexity index is 316. The van der Waals surface area contributed by atoms with Crippen LogP contribution in [0, 0.1) is 0 Å². The van der Waals surface area contributed by atoms with Crippen molar-refractivity contribution in [3.05, 3.63) is 35.9 Å². The Labute approximate surface area is 110 Å². The van der Waals surface area contributed by atoms with E-state index in [0.29, 0.717) is 6.42 Å². The molecule has 0 atom stereocenters. The average molecular weight is 257 g/mol. The Morgan fingerprint density at radius 3 is 2.53 bits per heavy atom. The molecular formula is C13H21ClN2O. The molecule has 96 valence electrons. The molecule has 0 unspecified atom stereocenters. The largest absolute Gasteiger partial charge is 0.344 e. The summed E-state index contributed by atoms with van der Waals surface area (Å²) in [5.41, 5.74) is 1.22. The highest BCUT2D eigenvalue weighted by atomic mass is 35.5. The van der Waals surface area contributed by atoms with E-state index in [1.54, 1.807) is 4.90 Å². The second-order valence-electron chi connectivity index (χ2n) is 3.90. The predicted octanol–water partition coefficient (Wildman–Crippen LogP) is 1.72. The van der Waals surface area contributed by atoms with Crippen molar-refractivity contribution < 1.29 is 4.79 Å². The van der Waals surface area contributed by atoms with Crippen molar-refractivity contribution in [2.24, 2.45) is 0 Å². The van der Waals surface area contributed by atoms with Gasteiger partial charge in [0.2, 0.25) is 5.91 Å². The van der Waals surface area contributed by atoms with Crippen LogP contribution in [0.3, 0.4) is 0 Å². The maximum atomic E-state index is 11.7. The second-order valence-corrected chi connectivity index (χ2v) is 3.90. The van der Waals surface area contributed by atoms with Gasteiger partial charge in [-0.3, -0.25) is 4.79 Å². The Morgan fingerprint density at radius 2 is 1.94 bits per heavy atom. The molecule has 0 spiro atoms. The Hall–Kier alpha value is -1.06. The molecule has 4 heteroatoms. The van der Waals surface area contributed by atoms with E-state index in [1.165, 1.54) is 5.56 Å². The van der Waals surface area contributed by atoms with Crippen molar-refractivity contribution in [1.29, 1.82) is 0 Å². The van der Waals surface area contributed by atoms with E-state index < -0.39 is 0 Å². The van der Waals surface area contributed by atoms with Crippen molar-refractivity contribution >= 4 is 18.3 Å². The van der Waals surface area contributed by atoms with Gasteiger partial charge in [0, 0.05) is 26.6 Å². The van der Waals surface area contributed by atoms with E-state index in [1.807, 2.05) is 32.3 Å². The lowest BCUT2D eigenvalue weighted by Crippen LogP contribution is -2.32. The molecule has 1 amide bonds. The number of nitrogens with zero attached hydrogens (tertiary/aromatic N) is 1. The van der Waals surface area contributed by atoms with E-state index in [9.17, 15) is 4.79 Å². The normalized spacial score (nSPS) is 9.53. The summed E-state index contributed by atoms with van der Waals surface area (Å²) in [6.07, 6.45) is 1.41. The predicted molar refractivity (Wildman–Crippen MR) is 73.6 cm³/mol. The van der Waals surface area contributed by atoms with Crippen molar-refractivity contribution in [3.63, 3.8) is 0 Å². The number of likely N-dealkylation sites (N-methyl/N-ethyl adjacent to an activating group) is 2. The number of hydrogen-bond donors (Lipinski definition) is 1. The van der Waals surface area contributed by atoms with Crippen LogP contribution in [0.15, 0.2) is 30.3 Å². The molecule has 0 aliphatic carbocycles. The second kappa shape index (κ2) is 9.02. The van der Waals surface area contributed by atoms with Gasteiger partial charge in [-0.1, -0.05) is 30.3 Å². The summed E-state index contributed by atoms with van der Waals surface area (Å²) >= 11 is 0. The molecule has 0 aromatic heterocycles. The SMILES string of the molecule is CNCCN(C)C(=O)CCc1ccccc1.Cl. The molecular weight excluding hydrogens is 236 g/mol. The topological polar surface area (TPSA) is 32.3 Å². The molecule has 17 heavy (non-hydrogen) atoms. The molecule has 0 aliphatic rings. The molecule has 0 heterocycles. The molecule has 0 radical (unpaired) electrons. The lowest BCUT2D eigenvalue weighted by Gasteiger charge is -2.16. The van der Waals surface area contributed by atoms with E-state index in [2.05, 4.69) is 17.4 Å². The van der Waals surface area contributed by atoms with E-state index in [-0.39, 0.29) is 18.3 Å². The summed E-state index contributed by atoms with van der Waals surface area (Å²) in [5, 5.41) is 3.03. The van der Waals surface area contributed by atoms with Crippen LogP contribution in [0.1, 0.15) is 12.0 Å². The van der Waals surface area contributed by atoms with Crippen molar-refractivity contribution in [2.75, 3.05) is 27.2 Å². The molecule has 1 rings (SSSR count). The van der Waals surface area contributed by atoms with Gasteiger partial charge in [-0.2, -0.15) is 0 Å². The number of amides is 1. The highest BCUT2D eigenvalue weighted by molar-refractivity contribution is 5.85. The van der Waals surface area contributed by atoms with Crippen LogP contribution in [-0.4, -0.2) is 38.0 Å². The summed E-state index contributed by atoms with van der Waals surface area (Å²) in [4.78, 5) is 13.5. The molecule has 0 saturated heterocycles. The smallest absolute Gasteiger partial charge is 0.222 e. The van der Waals surface area contributed by atoms with Crippen LogP contribution in [0.5, 0.6) is 0 Å². The number of hydrogen-bond acceptors (Lipinski definition) is 2. The molecule has 1 aromatic carbocycles. The van der Waals surface area contributed by atoms with Crippen LogP contribution >= 0.6 is 12.4 Å². The van der Waals surface area contributed by atoms with E-state index >= 15 is 0 Å². The minimum Gasteiger partial charge on any atom is -0.344 e. The number of benzene rings is 1. The number of nitrogens with one attached hydrogen (secondary N) is 1. The monoisotopic (exact) mass is 256 g/mol. The zero-order valence-electron chi connectivity index (χ0n) is 10.5. The van der Waals surface area contributed by atoms with Crippen LogP contribution in [0.4, 0.5) is 0 Å². The first-order chi connectivity index (χ1) is 7.74. The Kier molecular flexibility index (Phi) is 8.46. The minimum atomic E-state index is 0. The van der Waals surface area contributed by atoms with Gasteiger partial charge in [0.25, 0.3) is 0 Å². The Morgan fingerprint density at radius 1 is 1.29 bits per heavy atom. The number of aryl methyl sites for hydroxylation is 1. The molecule has 3 nitrogen and oxygen atoms in total. The first-order valence-corrected chi connectivity index (χ1v) is 5.66. The van der Waals surface area contributed by atoms with Crippen LogP contribution < -0.4 is 5.32 Å². The molecule has 0 saturated carbocycles. The zero-order valence-corrected chi connectivity index (χ0v) is 11.3. The number of carbonyl (C=O) groups excluding carboxylic acids is 1. The first kappa shape index (κ1) is 15.9. The van der Waals surface area contributed by atoms with Gasteiger partial charge >= 0.3 is 0 Å². The van der Waals surface area contributed by atoms with Crippen LogP contribution in [-0.2, 0) is 11.2 Å². The fourth-order valence-electron chi connectivity index (χ4n) is 1.49. The van der Waals surface area contributed by atoms with Crippen molar-refractivity contribution in [3.8, 4) is 0 Å². The molecule has 0 aliphatic heterocycles. The average Bonchev–Trinajstić information content (AvgIpc) is 2.34. The van der Waals surface area contributed by atoms with Gasteiger partial charge in [0.1, 0.15) is 0 Å². The summed E-state index contributed by atoms with van der Waals surface area (Å²) in [6.45, 7) is 1.61. The summed E-state index contributed by atoms with van der Waals surface area (Å²) in [7, 11) is 3.74. The zero-order chi connectivity index (χ0) is 11.8. The minimum absolute atomic E-state index is 0. The van der Waals surface area contributed by atoms with E-state index in [0.717, 1.165) is 19.5 Å². The van der Waals surface area contributed by atoms with Crippen LogP contribution in [0.2, 0.25) is 0 Å². The lowest BCUT2D eigenvalue weighted by molar-refractivity contribution is -0.129. The maximum absolute atomic E-state index is 11.7. The molecule has 1 N–H and O–H groups in total. The van der Waals surface area contributed by atoms with Gasteiger partial charge < -0.3 is 10.2 Å². The highest BCUT2D eigenvalue weighted by Gasteiger charge is 2.07. The molecule has 0 fully saturated rings. The van der Waals surface area contributed by atoms with Gasteiger partial charge in [0.15, 0.2) is 0 Å². The summed E-state index contributed by atoms with van der Waals surface area (Å²) in [6, 6.07) is 10.1. The van der Waals surface area contributed by atoms with Gasteiger partial charge in [0.05, 0.1) is 0 Å². The van der Waals surface area contributed by atoms with Crippen molar-refractivity contribution in [2.45, 2.75) is 12.8 Å². The van der Waals surface area contributed by atoms with Gasteiger partial charge in [-0.05, 0) is 19.0 Å². The first-order valence-electron chi connectivity index (χ1n) is 5.66. The fraction of sp³-hybridized carbons (Fsp3) is 0.462. The molecule has 1 aromatic rings. The quantitative estimate of drug-likeness (QED) is 0.841. The third kappa shape index (κ3) is 6.29. The third-order valence-electron chi connectivity index (χ3n) is 2.59. The maximum Gasteiger partial charge on any atom is 0.222 e. The van der Waals surface area contributed by atoms with Crippen molar-refractivity contribution in [1.82, 2.24) is 10.2 Å². The number of halogens is 1. The van der Waals surface area contributed by atoms with E-state index in [4.69, 9.17) is 0 Å². The van der Waals surface area contributed by atoms with Crippen LogP contribution in [0.25, 0.3) is 0 Å². The van der Waals surface area contributed by atoms with Gasteiger partial charge in [-0.15, -0.1) is 12.4 Å². The summed E-state index contributed by atoms with van der Waals surface area (Å²) in [5.74, 6) is 0.208. The number of rotatable bonds is 6.